The number of hydrogen-bond acceptors (Lipinski definition) is 2. The van der Waals surface area contributed by atoms with Gasteiger partial charge in [0.05, 0.1) is 34.3 Å². The molecular formula is C46H28N2. The molecule has 0 unspecified atom stereocenters. The van der Waals surface area contributed by atoms with Gasteiger partial charge in [0.25, 0.3) is 0 Å². The van der Waals surface area contributed by atoms with Gasteiger partial charge in [-0.1, -0.05) is 133 Å². The Morgan fingerprint density at radius 2 is 0.688 bits per heavy atom. The number of aromatic nitrogens is 2. The summed E-state index contributed by atoms with van der Waals surface area (Å²) in [6.45, 7) is 0. The molecule has 12 rings (SSSR count). The smallest absolute Gasteiger partial charge is 0.0897 e. The van der Waals surface area contributed by atoms with E-state index in [1.807, 2.05) is 0 Å². The van der Waals surface area contributed by atoms with Gasteiger partial charge in [-0.25, -0.2) is 9.97 Å². The van der Waals surface area contributed by atoms with Crippen LogP contribution in [0, 0.1) is 0 Å². The lowest BCUT2D eigenvalue weighted by atomic mass is 9.64. The molecule has 0 amide bonds. The van der Waals surface area contributed by atoms with Gasteiger partial charge in [0, 0.05) is 0 Å². The fourth-order valence-corrected chi connectivity index (χ4v) is 8.76. The van der Waals surface area contributed by atoms with Gasteiger partial charge in [0.2, 0.25) is 0 Å². The summed E-state index contributed by atoms with van der Waals surface area (Å²) >= 11 is 0. The molecule has 0 aliphatic heterocycles. The molecule has 1 aromatic heterocycles. The standard InChI is InChI=1S/C46H28N2/c1-3-13-27(14-4-1)41-31-17-7-8-18-32(31)42(28-15-5-2-6-16-28)38-24-30-26-40-39(25-29(30)23-37(38)41)47-45-43-33-19-9-11-21-35(33)44(46(45)48-40)36-22-12-10-20-34(36)43/h1-26,43-44H. The fourth-order valence-electron chi connectivity index (χ4n) is 8.76. The van der Waals surface area contributed by atoms with E-state index in [9.17, 15) is 0 Å². The summed E-state index contributed by atoms with van der Waals surface area (Å²) in [6.07, 6.45) is 0. The van der Waals surface area contributed by atoms with E-state index in [1.54, 1.807) is 0 Å². The first-order valence-electron chi connectivity index (χ1n) is 16.7. The summed E-state index contributed by atoms with van der Waals surface area (Å²) in [6, 6.07) is 57.6. The zero-order valence-corrected chi connectivity index (χ0v) is 26.1. The maximum absolute atomic E-state index is 5.46. The van der Waals surface area contributed by atoms with Gasteiger partial charge in [-0.3, -0.25) is 0 Å². The Morgan fingerprint density at radius 1 is 0.333 bits per heavy atom. The maximum atomic E-state index is 5.46. The SMILES string of the molecule is c1ccc(-c2c3ccccc3c(-c3ccccc3)c3cc4cc5nc6c(nc5cc4cc23)C2c3ccccc3C6c3ccccc32)cc1. The Bertz CT molecular complexity index is 2540. The van der Waals surface area contributed by atoms with Gasteiger partial charge < -0.3 is 0 Å². The van der Waals surface area contributed by atoms with Crippen LogP contribution in [0.1, 0.15) is 45.5 Å². The summed E-state index contributed by atoms with van der Waals surface area (Å²) in [5.74, 6) is 0.206. The Hall–Kier alpha value is -6.12. The number of hydrogen-bond donors (Lipinski definition) is 0. The van der Waals surface area contributed by atoms with Crippen molar-refractivity contribution in [2.75, 3.05) is 0 Å². The second-order valence-corrected chi connectivity index (χ2v) is 13.2. The molecule has 0 spiro atoms. The highest BCUT2D eigenvalue weighted by atomic mass is 14.9. The number of fused-ring (bicyclic) bond motifs is 4. The average molecular weight is 609 g/mol. The molecule has 3 aliphatic carbocycles. The molecule has 0 atom stereocenters. The van der Waals surface area contributed by atoms with Crippen LogP contribution in [0.2, 0.25) is 0 Å². The largest absolute Gasteiger partial charge is 0.248 e. The maximum Gasteiger partial charge on any atom is 0.0897 e. The van der Waals surface area contributed by atoms with Crippen molar-refractivity contribution in [1.82, 2.24) is 9.97 Å². The van der Waals surface area contributed by atoms with E-state index in [1.165, 1.54) is 76.8 Å². The highest BCUT2D eigenvalue weighted by molar-refractivity contribution is 6.24. The van der Waals surface area contributed by atoms with Crippen LogP contribution in [0.15, 0.2) is 158 Å². The highest BCUT2D eigenvalue weighted by Crippen LogP contribution is 2.55. The van der Waals surface area contributed by atoms with E-state index < -0.39 is 0 Å². The van der Waals surface area contributed by atoms with E-state index in [0.717, 1.165) is 22.4 Å². The van der Waals surface area contributed by atoms with Crippen molar-refractivity contribution in [2.45, 2.75) is 11.8 Å². The second kappa shape index (κ2) is 9.70. The van der Waals surface area contributed by atoms with Crippen molar-refractivity contribution in [3.8, 4) is 22.3 Å². The minimum atomic E-state index is 0.103. The molecule has 0 radical (unpaired) electrons. The summed E-state index contributed by atoms with van der Waals surface area (Å²) in [7, 11) is 0. The van der Waals surface area contributed by atoms with Crippen molar-refractivity contribution in [3.63, 3.8) is 0 Å². The molecule has 0 saturated heterocycles. The monoisotopic (exact) mass is 608 g/mol. The molecule has 3 aliphatic rings. The van der Waals surface area contributed by atoms with Crippen LogP contribution in [0.25, 0.3) is 65.6 Å². The van der Waals surface area contributed by atoms with Gasteiger partial charge in [-0.05, 0) is 101 Å². The molecule has 0 N–H and O–H groups in total. The van der Waals surface area contributed by atoms with Crippen molar-refractivity contribution in [1.29, 1.82) is 0 Å². The lowest BCUT2D eigenvalue weighted by Gasteiger charge is -2.40. The molecule has 1 heterocycles. The first-order valence-corrected chi connectivity index (χ1v) is 16.7. The molecule has 8 aromatic carbocycles. The fraction of sp³-hybridized carbons (Fsp3) is 0.0435. The van der Waals surface area contributed by atoms with E-state index in [4.69, 9.17) is 9.97 Å². The summed E-state index contributed by atoms with van der Waals surface area (Å²) < 4.78 is 0. The Kier molecular flexibility index (Phi) is 5.25. The predicted octanol–water partition coefficient (Wildman–Crippen LogP) is 11.4. The molecule has 222 valence electrons. The topological polar surface area (TPSA) is 25.8 Å². The Labute approximate surface area is 278 Å². The predicted molar refractivity (Wildman–Crippen MR) is 198 cm³/mol. The zero-order chi connectivity index (χ0) is 31.3. The van der Waals surface area contributed by atoms with Crippen LogP contribution in [0.3, 0.4) is 0 Å². The van der Waals surface area contributed by atoms with Crippen LogP contribution in [0.4, 0.5) is 0 Å². The Balaban J connectivity index is 1.23. The minimum Gasteiger partial charge on any atom is -0.248 e. The zero-order valence-electron chi connectivity index (χ0n) is 26.1. The normalized spacial score (nSPS) is 15.9. The van der Waals surface area contributed by atoms with Crippen molar-refractivity contribution in [3.05, 3.63) is 191 Å². The summed E-state index contributed by atoms with van der Waals surface area (Å²) in [5.41, 5.74) is 14.5. The quantitative estimate of drug-likeness (QED) is 0.183. The van der Waals surface area contributed by atoms with Crippen LogP contribution < -0.4 is 0 Å². The lowest BCUT2D eigenvalue weighted by molar-refractivity contribution is 0.709. The number of benzene rings is 8. The lowest BCUT2D eigenvalue weighted by Crippen LogP contribution is -2.29. The second-order valence-electron chi connectivity index (χ2n) is 13.2. The van der Waals surface area contributed by atoms with E-state index in [2.05, 4.69) is 158 Å². The third kappa shape index (κ3) is 3.52. The van der Waals surface area contributed by atoms with E-state index >= 15 is 0 Å². The van der Waals surface area contributed by atoms with Gasteiger partial charge in [-0.15, -0.1) is 0 Å². The third-order valence-corrected chi connectivity index (χ3v) is 10.7. The Morgan fingerprint density at radius 3 is 1.08 bits per heavy atom. The molecule has 2 bridgehead atoms. The molecule has 0 fully saturated rings. The highest BCUT2D eigenvalue weighted by Gasteiger charge is 2.43. The minimum absolute atomic E-state index is 0.103. The molecule has 2 heteroatoms. The molecule has 0 saturated carbocycles. The van der Waals surface area contributed by atoms with Crippen LogP contribution in [-0.4, -0.2) is 9.97 Å². The molecule has 48 heavy (non-hydrogen) atoms. The van der Waals surface area contributed by atoms with Crippen LogP contribution in [-0.2, 0) is 0 Å². The number of rotatable bonds is 2. The van der Waals surface area contributed by atoms with Crippen LogP contribution in [0.5, 0.6) is 0 Å². The van der Waals surface area contributed by atoms with Gasteiger partial charge in [0.1, 0.15) is 0 Å². The van der Waals surface area contributed by atoms with Gasteiger partial charge in [-0.2, -0.15) is 0 Å². The first kappa shape index (κ1) is 26.0. The first-order chi connectivity index (χ1) is 23.8. The van der Waals surface area contributed by atoms with Gasteiger partial charge in [0.15, 0.2) is 0 Å². The van der Waals surface area contributed by atoms with Crippen molar-refractivity contribution >= 4 is 43.4 Å². The summed E-state index contributed by atoms with van der Waals surface area (Å²) in [5, 5.41) is 7.38. The van der Waals surface area contributed by atoms with Gasteiger partial charge >= 0.3 is 0 Å². The average Bonchev–Trinajstić information content (AvgIpc) is 3.15. The molecule has 9 aromatic rings. The van der Waals surface area contributed by atoms with Crippen LogP contribution >= 0.6 is 0 Å². The third-order valence-electron chi connectivity index (χ3n) is 10.7. The molecule has 2 nitrogen and oxygen atoms in total. The van der Waals surface area contributed by atoms with E-state index in [0.29, 0.717) is 0 Å². The van der Waals surface area contributed by atoms with Crippen molar-refractivity contribution < 1.29 is 0 Å². The summed E-state index contributed by atoms with van der Waals surface area (Å²) in [4.78, 5) is 10.9. The van der Waals surface area contributed by atoms with Crippen molar-refractivity contribution in [2.24, 2.45) is 0 Å². The molecular weight excluding hydrogens is 581 g/mol. The number of nitrogens with zero attached hydrogens (tertiary/aromatic N) is 2. The van der Waals surface area contributed by atoms with E-state index in [-0.39, 0.29) is 11.8 Å².